The number of likely N-dealkylation sites (tertiary alicyclic amines) is 1. The summed E-state index contributed by atoms with van der Waals surface area (Å²) in [7, 11) is -2.97. The van der Waals surface area contributed by atoms with E-state index in [0.717, 1.165) is 6.42 Å². The molecule has 1 N–H and O–H groups in total. The van der Waals surface area contributed by atoms with Gasteiger partial charge < -0.3 is 10.2 Å². The molecule has 1 saturated heterocycles. The Hall–Kier alpha value is -0.780. The highest BCUT2D eigenvalue weighted by Crippen LogP contribution is 2.16. The van der Waals surface area contributed by atoms with Crippen LogP contribution in [0.15, 0.2) is 0 Å². The van der Waals surface area contributed by atoms with Crippen LogP contribution in [0.25, 0.3) is 0 Å². The van der Waals surface area contributed by atoms with Crippen LogP contribution in [-0.2, 0) is 9.84 Å². The van der Waals surface area contributed by atoms with Crippen LogP contribution in [0.2, 0.25) is 0 Å². The largest absolute Gasteiger partial charge is 0.338 e. The Morgan fingerprint density at radius 2 is 2.00 bits per heavy atom. The first kappa shape index (κ1) is 12.3. The molecule has 15 heavy (non-hydrogen) atoms. The van der Waals surface area contributed by atoms with Gasteiger partial charge in [0.25, 0.3) is 0 Å². The number of nitrogens with zero attached hydrogens (tertiary/aromatic N) is 1. The molecule has 0 bridgehead atoms. The van der Waals surface area contributed by atoms with E-state index in [9.17, 15) is 13.2 Å². The molecule has 0 atom stereocenters. The molecule has 0 radical (unpaired) electrons. The van der Waals surface area contributed by atoms with Gasteiger partial charge in [-0.25, -0.2) is 13.2 Å². The van der Waals surface area contributed by atoms with Crippen LogP contribution < -0.4 is 5.32 Å². The molecule has 1 fully saturated rings. The third-order valence-corrected chi connectivity index (χ3v) is 4.69. The summed E-state index contributed by atoms with van der Waals surface area (Å²) >= 11 is 0. The van der Waals surface area contributed by atoms with Crippen LogP contribution in [-0.4, -0.2) is 50.0 Å². The van der Waals surface area contributed by atoms with Crippen LogP contribution in [0.3, 0.4) is 0 Å². The number of hydrogen-bond acceptors (Lipinski definition) is 3. The molecular weight excluding hydrogens is 216 g/mol. The standard InChI is InChI=1S/C9H18N2O3S/c1-3-5-10-9(12)11-6-8(7-11)15(13,14)4-2/h8H,3-7H2,1-2H3,(H,10,12). The van der Waals surface area contributed by atoms with Crippen molar-refractivity contribution in [1.29, 1.82) is 0 Å². The first-order valence-electron chi connectivity index (χ1n) is 5.25. The van der Waals surface area contributed by atoms with Gasteiger partial charge in [-0.15, -0.1) is 0 Å². The lowest BCUT2D eigenvalue weighted by molar-refractivity contribution is 0.169. The molecule has 6 heteroatoms. The van der Waals surface area contributed by atoms with E-state index in [1.54, 1.807) is 6.92 Å². The number of rotatable bonds is 4. The van der Waals surface area contributed by atoms with E-state index in [1.165, 1.54) is 4.90 Å². The van der Waals surface area contributed by atoms with Crippen molar-refractivity contribution in [2.75, 3.05) is 25.4 Å². The summed E-state index contributed by atoms with van der Waals surface area (Å²) in [6, 6.07) is -0.153. The van der Waals surface area contributed by atoms with Crippen LogP contribution in [0, 0.1) is 0 Å². The van der Waals surface area contributed by atoms with Crippen LogP contribution in [0.1, 0.15) is 20.3 Å². The highest BCUT2D eigenvalue weighted by atomic mass is 32.2. The van der Waals surface area contributed by atoms with Gasteiger partial charge in [-0.3, -0.25) is 0 Å². The summed E-state index contributed by atoms with van der Waals surface area (Å²) < 4.78 is 22.8. The Morgan fingerprint density at radius 1 is 1.40 bits per heavy atom. The lowest BCUT2D eigenvalue weighted by Crippen LogP contribution is -2.59. The Bertz CT molecular complexity index is 320. The third kappa shape index (κ3) is 2.84. The Balaban J connectivity index is 2.34. The molecule has 0 aliphatic carbocycles. The van der Waals surface area contributed by atoms with Gasteiger partial charge in [0.1, 0.15) is 0 Å². The van der Waals surface area contributed by atoms with Gasteiger partial charge in [0.15, 0.2) is 9.84 Å². The zero-order valence-electron chi connectivity index (χ0n) is 9.19. The maximum Gasteiger partial charge on any atom is 0.317 e. The topological polar surface area (TPSA) is 66.5 Å². The number of carbonyl (C=O) groups excluding carboxylic acids is 1. The molecule has 88 valence electrons. The summed E-state index contributed by atoms with van der Waals surface area (Å²) in [5.74, 6) is 0.155. The SMILES string of the molecule is CCCNC(=O)N1CC(S(=O)(=O)CC)C1. The number of urea groups is 1. The van der Waals surface area contributed by atoms with Crippen LogP contribution in [0.4, 0.5) is 4.79 Å². The second kappa shape index (κ2) is 4.83. The first-order chi connectivity index (χ1) is 7.01. The average Bonchev–Trinajstić information content (AvgIpc) is 2.12. The molecule has 1 heterocycles. The number of amides is 2. The fraction of sp³-hybridized carbons (Fsp3) is 0.889. The molecule has 0 unspecified atom stereocenters. The van der Waals surface area contributed by atoms with Gasteiger partial charge in [0.2, 0.25) is 0 Å². The highest BCUT2D eigenvalue weighted by Gasteiger charge is 2.38. The van der Waals surface area contributed by atoms with Crippen LogP contribution in [0.5, 0.6) is 0 Å². The van der Waals surface area contributed by atoms with E-state index in [2.05, 4.69) is 5.32 Å². The molecule has 0 saturated carbocycles. The molecule has 1 aliphatic heterocycles. The predicted octanol–water partition coefficient (Wildman–Crippen LogP) is 0.225. The smallest absolute Gasteiger partial charge is 0.317 e. The summed E-state index contributed by atoms with van der Waals surface area (Å²) in [6.07, 6.45) is 0.885. The minimum atomic E-state index is -2.97. The van der Waals surface area contributed by atoms with Crippen molar-refractivity contribution >= 4 is 15.9 Å². The molecular formula is C9H18N2O3S. The van der Waals surface area contributed by atoms with Crippen LogP contribution >= 0.6 is 0 Å². The number of carbonyl (C=O) groups is 1. The summed E-state index contributed by atoms with van der Waals surface area (Å²) in [4.78, 5) is 12.9. The van der Waals surface area contributed by atoms with E-state index >= 15 is 0 Å². The van der Waals surface area contributed by atoms with Crippen molar-refractivity contribution in [2.45, 2.75) is 25.5 Å². The minimum absolute atomic E-state index is 0.153. The van der Waals surface area contributed by atoms with E-state index in [4.69, 9.17) is 0 Å². The van der Waals surface area contributed by atoms with Crippen molar-refractivity contribution in [3.63, 3.8) is 0 Å². The lowest BCUT2D eigenvalue weighted by atomic mass is 10.2. The van der Waals surface area contributed by atoms with E-state index < -0.39 is 9.84 Å². The second-order valence-corrected chi connectivity index (χ2v) is 6.28. The summed E-state index contributed by atoms with van der Waals surface area (Å²) in [6.45, 7) is 4.92. The van der Waals surface area contributed by atoms with Crippen molar-refractivity contribution < 1.29 is 13.2 Å². The molecule has 5 nitrogen and oxygen atoms in total. The van der Waals surface area contributed by atoms with Gasteiger partial charge in [0, 0.05) is 25.4 Å². The molecule has 2 amide bonds. The first-order valence-corrected chi connectivity index (χ1v) is 6.97. The Morgan fingerprint density at radius 3 is 2.47 bits per heavy atom. The van der Waals surface area contributed by atoms with Gasteiger partial charge in [-0.05, 0) is 6.42 Å². The number of sulfone groups is 1. The monoisotopic (exact) mass is 234 g/mol. The lowest BCUT2D eigenvalue weighted by Gasteiger charge is -2.38. The third-order valence-electron chi connectivity index (χ3n) is 2.57. The van der Waals surface area contributed by atoms with Crippen molar-refractivity contribution in [3.8, 4) is 0 Å². The van der Waals surface area contributed by atoms with Crippen molar-refractivity contribution in [3.05, 3.63) is 0 Å². The van der Waals surface area contributed by atoms with Gasteiger partial charge in [0.05, 0.1) is 5.25 Å². The maximum atomic E-state index is 11.4. The second-order valence-electron chi connectivity index (χ2n) is 3.71. The number of nitrogens with one attached hydrogen (secondary N) is 1. The Kier molecular flexibility index (Phi) is 3.96. The fourth-order valence-corrected chi connectivity index (χ4v) is 2.70. The zero-order chi connectivity index (χ0) is 11.5. The Labute approximate surface area is 90.7 Å². The summed E-state index contributed by atoms with van der Waals surface area (Å²) in [5, 5.41) is 2.36. The molecule has 0 aromatic rings. The molecule has 0 aromatic heterocycles. The fourth-order valence-electron chi connectivity index (χ4n) is 1.41. The van der Waals surface area contributed by atoms with Crippen molar-refractivity contribution in [1.82, 2.24) is 10.2 Å². The van der Waals surface area contributed by atoms with Gasteiger partial charge >= 0.3 is 6.03 Å². The maximum absolute atomic E-state index is 11.4. The highest BCUT2D eigenvalue weighted by molar-refractivity contribution is 7.92. The molecule has 1 rings (SSSR count). The van der Waals surface area contributed by atoms with E-state index in [-0.39, 0.29) is 17.0 Å². The quantitative estimate of drug-likeness (QED) is 0.757. The van der Waals surface area contributed by atoms with Gasteiger partial charge in [-0.1, -0.05) is 13.8 Å². The summed E-state index contributed by atoms with van der Waals surface area (Å²) in [5.41, 5.74) is 0. The zero-order valence-corrected chi connectivity index (χ0v) is 10.0. The van der Waals surface area contributed by atoms with E-state index in [1.807, 2.05) is 6.92 Å². The normalized spacial score (nSPS) is 17.3. The van der Waals surface area contributed by atoms with Crippen molar-refractivity contribution in [2.24, 2.45) is 0 Å². The molecule has 0 spiro atoms. The predicted molar refractivity (Wildman–Crippen MR) is 58.5 cm³/mol. The molecule has 0 aromatic carbocycles. The number of hydrogen-bond donors (Lipinski definition) is 1. The van der Waals surface area contributed by atoms with Gasteiger partial charge in [-0.2, -0.15) is 0 Å². The average molecular weight is 234 g/mol. The molecule has 1 aliphatic rings. The minimum Gasteiger partial charge on any atom is -0.338 e. The van der Waals surface area contributed by atoms with E-state index in [0.29, 0.717) is 19.6 Å².